The van der Waals surface area contributed by atoms with Gasteiger partial charge in [0.1, 0.15) is 0 Å². The highest BCUT2D eigenvalue weighted by Gasteiger charge is 2.33. The third-order valence-corrected chi connectivity index (χ3v) is 2.75. The second-order valence-corrected chi connectivity index (χ2v) is 4.63. The largest absolute Gasteiger partial charge is 0.464 e. The van der Waals surface area contributed by atoms with Gasteiger partial charge in [-0.1, -0.05) is 0 Å². The Morgan fingerprint density at radius 2 is 2.24 bits per heavy atom. The zero-order chi connectivity index (χ0) is 12.5. The highest BCUT2D eigenvalue weighted by molar-refractivity contribution is 6.28. The van der Waals surface area contributed by atoms with Gasteiger partial charge in [0.15, 0.2) is 0 Å². The van der Waals surface area contributed by atoms with Crippen LogP contribution in [-0.2, 0) is 0 Å². The Labute approximate surface area is 105 Å². The number of aromatic nitrogens is 3. The summed E-state index contributed by atoms with van der Waals surface area (Å²) in [5, 5.41) is 9.99. The molecule has 0 radical (unpaired) electrons. The molecule has 2 heterocycles. The number of nitrogens with zero attached hydrogens (tertiary/aromatic N) is 4. The van der Waals surface area contributed by atoms with Crippen molar-refractivity contribution < 1.29 is 9.84 Å². The molecule has 1 aromatic rings. The number of hydrogen-bond acceptors (Lipinski definition) is 6. The van der Waals surface area contributed by atoms with Crippen molar-refractivity contribution in [2.75, 3.05) is 24.6 Å². The fraction of sp³-hybridized carbons (Fsp3) is 0.700. The molecule has 0 aliphatic carbocycles. The van der Waals surface area contributed by atoms with E-state index in [1.165, 1.54) is 0 Å². The molecule has 0 spiro atoms. The molecule has 7 heteroatoms. The van der Waals surface area contributed by atoms with Crippen LogP contribution < -0.4 is 9.64 Å². The summed E-state index contributed by atoms with van der Waals surface area (Å²) in [5.41, 5.74) is -0.703. The monoisotopic (exact) mass is 258 g/mol. The van der Waals surface area contributed by atoms with Gasteiger partial charge in [-0.2, -0.15) is 15.0 Å². The molecule has 1 N–H and O–H groups in total. The third kappa shape index (κ3) is 2.95. The summed E-state index contributed by atoms with van der Waals surface area (Å²) in [4.78, 5) is 13.9. The molecule has 17 heavy (non-hydrogen) atoms. The molecule has 1 saturated heterocycles. The summed E-state index contributed by atoms with van der Waals surface area (Å²) >= 11 is 5.80. The Kier molecular flexibility index (Phi) is 3.35. The maximum atomic E-state index is 9.89. The molecule has 1 atom stereocenters. The van der Waals surface area contributed by atoms with Crippen LogP contribution in [-0.4, -0.2) is 45.4 Å². The van der Waals surface area contributed by atoms with Crippen molar-refractivity contribution in [1.82, 2.24) is 15.0 Å². The first-order valence-electron chi connectivity index (χ1n) is 5.52. The van der Waals surface area contributed by atoms with Crippen LogP contribution >= 0.6 is 11.6 Å². The van der Waals surface area contributed by atoms with Gasteiger partial charge in [-0.25, -0.2) is 0 Å². The lowest BCUT2D eigenvalue weighted by atomic mass is 10.1. The molecule has 1 aromatic heterocycles. The molecular formula is C10H15ClN4O2. The van der Waals surface area contributed by atoms with E-state index in [1.54, 1.807) is 6.92 Å². The molecule has 1 fully saturated rings. The highest BCUT2D eigenvalue weighted by Crippen LogP contribution is 2.25. The lowest BCUT2D eigenvalue weighted by Gasteiger charge is -2.18. The van der Waals surface area contributed by atoms with Crippen molar-refractivity contribution >= 4 is 17.5 Å². The number of aliphatic hydroxyl groups is 1. The number of ether oxygens (including phenoxy) is 1. The van der Waals surface area contributed by atoms with Crippen molar-refractivity contribution in [1.29, 1.82) is 0 Å². The highest BCUT2D eigenvalue weighted by atomic mass is 35.5. The molecule has 1 aliphatic heterocycles. The fourth-order valence-electron chi connectivity index (χ4n) is 1.77. The van der Waals surface area contributed by atoms with E-state index in [2.05, 4.69) is 15.0 Å². The van der Waals surface area contributed by atoms with Gasteiger partial charge in [0, 0.05) is 13.1 Å². The summed E-state index contributed by atoms with van der Waals surface area (Å²) in [6, 6.07) is 0.217. The second-order valence-electron chi connectivity index (χ2n) is 4.29. The van der Waals surface area contributed by atoms with Gasteiger partial charge < -0.3 is 14.7 Å². The lowest BCUT2D eigenvalue weighted by molar-refractivity contribution is 0.0838. The molecular weight excluding hydrogens is 244 g/mol. The number of β-amino-alcohol motifs (C(OH)–C–C–N with tert-alkyl or cyclic N) is 1. The first-order valence-corrected chi connectivity index (χ1v) is 5.90. The minimum Gasteiger partial charge on any atom is -0.464 e. The Hall–Kier alpha value is -1.14. The Bertz CT molecular complexity index is 413. The zero-order valence-corrected chi connectivity index (χ0v) is 10.6. The average Bonchev–Trinajstić information content (AvgIpc) is 2.58. The van der Waals surface area contributed by atoms with Crippen LogP contribution in [0.15, 0.2) is 0 Å². The number of rotatable bonds is 3. The van der Waals surface area contributed by atoms with Crippen LogP contribution in [0.4, 0.5) is 5.95 Å². The van der Waals surface area contributed by atoms with E-state index in [1.807, 2.05) is 11.8 Å². The van der Waals surface area contributed by atoms with Gasteiger partial charge in [-0.15, -0.1) is 0 Å². The van der Waals surface area contributed by atoms with E-state index in [4.69, 9.17) is 16.3 Å². The van der Waals surface area contributed by atoms with Gasteiger partial charge in [0.05, 0.1) is 12.2 Å². The van der Waals surface area contributed by atoms with Gasteiger partial charge >= 0.3 is 6.01 Å². The maximum absolute atomic E-state index is 9.89. The molecule has 0 saturated carbocycles. The Morgan fingerprint density at radius 3 is 2.82 bits per heavy atom. The molecule has 94 valence electrons. The van der Waals surface area contributed by atoms with Crippen molar-refractivity contribution in [3.05, 3.63) is 5.28 Å². The van der Waals surface area contributed by atoms with Gasteiger partial charge in [-0.3, -0.25) is 0 Å². The predicted octanol–water partition coefficient (Wildman–Crippen LogP) is 0.885. The molecule has 6 nitrogen and oxygen atoms in total. The van der Waals surface area contributed by atoms with Crippen molar-refractivity contribution in [2.45, 2.75) is 25.9 Å². The number of hydrogen-bond donors (Lipinski definition) is 1. The van der Waals surface area contributed by atoms with Crippen LogP contribution in [0.25, 0.3) is 0 Å². The van der Waals surface area contributed by atoms with E-state index in [-0.39, 0.29) is 11.3 Å². The van der Waals surface area contributed by atoms with Crippen molar-refractivity contribution in [3.63, 3.8) is 0 Å². The van der Waals surface area contributed by atoms with Crippen LogP contribution in [0.1, 0.15) is 20.3 Å². The van der Waals surface area contributed by atoms with Crippen molar-refractivity contribution in [3.8, 4) is 6.01 Å². The standard InChI is InChI=1S/C10H15ClN4O2/c1-3-17-9-13-7(11)12-8(14-9)15-5-4-10(2,16)6-15/h16H,3-6H2,1-2H3. The lowest BCUT2D eigenvalue weighted by Crippen LogP contribution is -2.30. The number of halogens is 1. The quantitative estimate of drug-likeness (QED) is 0.868. The minimum absolute atomic E-state index is 0.102. The number of anilines is 1. The predicted molar refractivity (Wildman–Crippen MR) is 63.5 cm³/mol. The smallest absolute Gasteiger partial charge is 0.322 e. The van der Waals surface area contributed by atoms with Crippen LogP contribution in [0, 0.1) is 0 Å². The summed E-state index contributed by atoms with van der Waals surface area (Å²) in [5.74, 6) is 0.450. The van der Waals surface area contributed by atoms with Crippen LogP contribution in [0.5, 0.6) is 6.01 Å². The average molecular weight is 259 g/mol. The van der Waals surface area contributed by atoms with Gasteiger partial charge in [0.25, 0.3) is 0 Å². The van der Waals surface area contributed by atoms with Crippen LogP contribution in [0.3, 0.4) is 0 Å². The van der Waals surface area contributed by atoms with E-state index in [9.17, 15) is 5.11 Å². The van der Waals surface area contributed by atoms with E-state index in [0.717, 1.165) is 0 Å². The Morgan fingerprint density at radius 1 is 1.47 bits per heavy atom. The van der Waals surface area contributed by atoms with Gasteiger partial charge in [-0.05, 0) is 31.9 Å². The molecule has 2 rings (SSSR count). The maximum Gasteiger partial charge on any atom is 0.322 e. The van der Waals surface area contributed by atoms with E-state index >= 15 is 0 Å². The minimum atomic E-state index is -0.703. The second kappa shape index (κ2) is 4.62. The summed E-state index contributed by atoms with van der Waals surface area (Å²) in [7, 11) is 0. The topological polar surface area (TPSA) is 71.4 Å². The molecule has 0 bridgehead atoms. The Balaban J connectivity index is 2.21. The first-order chi connectivity index (χ1) is 8.00. The van der Waals surface area contributed by atoms with Crippen molar-refractivity contribution in [2.24, 2.45) is 0 Å². The third-order valence-electron chi connectivity index (χ3n) is 2.58. The summed E-state index contributed by atoms with van der Waals surface area (Å²) in [6.07, 6.45) is 0.681. The normalized spacial score (nSPS) is 24.1. The molecule has 1 aliphatic rings. The van der Waals surface area contributed by atoms with E-state index in [0.29, 0.717) is 32.1 Å². The summed E-state index contributed by atoms with van der Waals surface area (Å²) in [6.45, 7) is 5.28. The van der Waals surface area contributed by atoms with Crippen LogP contribution in [0.2, 0.25) is 5.28 Å². The fourth-order valence-corrected chi connectivity index (χ4v) is 1.92. The summed E-state index contributed by atoms with van der Waals surface area (Å²) < 4.78 is 5.20. The molecule has 0 amide bonds. The van der Waals surface area contributed by atoms with Gasteiger partial charge in [0.2, 0.25) is 11.2 Å². The molecule has 1 unspecified atom stereocenters. The SMILES string of the molecule is CCOc1nc(Cl)nc(N2CCC(C)(O)C2)n1. The first kappa shape index (κ1) is 12.3. The van der Waals surface area contributed by atoms with E-state index < -0.39 is 5.60 Å². The zero-order valence-electron chi connectivity index (χ0n) is 9.85. The molecule has 0 aromatic carbocycles.